The van der Waals surface area contributed by atoms with Gasteiger partial charge in [-0.1, -0.05) is 27.7 Å². The van der Waals surface area contributed by atoms with Gasteiger partial charge in [-0.15, -0.1) is 0 Å². The number of piperidine rings is 1. The summed E-state index contributed by atoms with van der Waals surface area (Å²) in [5.41, 5.74) is 0.634. The van der Waals surface area contributed by atoms with Crippen molar-refractivity contribution in [3.63, 3.8) is 0 Å². The molecule has 5 heteroatoms. The van der Waals surface area contributed by atoms with Crippen molar-refractivity contribution in [1.82, 2.24) is 0 Å². The summed E-state index contributed by atoms with van der Waals surface area (Å²) in [6.07, 6.45) is 2.32. The van der Waals surface area contributed by atoms with Crippen LogP contribution >= 0.6 is 0 Å². The van der Waals surface area contributed by atoms with E-state index in [0.29, 0.717) is 23.1 Å². The lowest BCUT2D eigenvalue weighted by Gasteiger charge is -2.37. The fourth-order valence-electron chi connectivity index (χ4n) is 3.03. The molecule has 2 rings (SSSR count). The molecule has 0 aromatic heterocycles. The maximum absolute atomic E-state index is 15.0. The molecule has 1 saturated heterocycles. The molecule has 1 fully saturated rings. The first-order valence-electron chi connectivity index (χ1n) is 9.85. The quantitative estimate of drug-likeness (QED) is 0.564. The van der Waals surface area contributed by atoms with E-state index in [2.05, 4.69) is 45.7 Å². The monoisotopic (exact) mass is 381 g/mol. The lowest BCUT2D eigenvalue weighted by molar-refractivity contribution is 0.234. The van der Waals surface area contributed by atoms with Crippen molar-refractivity contribution in [2.24, 2.45) is 5.92 Å². The Balaban J connectivity index is 2.40. The average Bonchev–Trinajstić information content (AvgIpc) is 2.48. The average molecular weight is 382 g/mol. The molecule has 0 aliphatic carbocycles. The highest BCUT2D eigenvalue weighted by molar-refractivity contribution is 6.74. The van der Waals surface area contributed by atoms with Crippen LogP contribution in [-0.4, -0.2) is 27.5 Å². The third kappa shape index (κ3) is 4.93. The molecule has 148 valence electrons. The molecule has 1 unspecified atom stereocenters. The summed E-state index contributed by atoms with van der Waals surface area (Å²) in [7, 11) is -2.08. The zero-order valence-electron chi connectivity index (χ0n) is 17.8. The summed E-state index contributed by atoms with van der Waals surface area (Å²) in [4.78, 5) is 2.15. The third-order valence-corrected chi connectivity index (χ3v) is 9.89. The van der Waals surface area contributed by atoms with Gasteiger partial charge in [0.1, 0.15) is 11.6 Å². The predicted octanol–water partition coefficient (Wildman–Crippen LogP) is 6.23. The molecule has 1 aliphatic rings. The minimum Gasteiger partial charge on any atom is -0.541 e. The zero-order chi connectivity index (χ0) is 19.7. The van der Waals surface area contributed by atoms with E-state index >= 15 is 0 Å². The maximum atomic E-state index is 15.0. The Morgan fingerprint density at radius 3 is 2.38 bits per heavy atom. The molecule has 0 amide bonds. The van der Waals surface area contributed by atoms with Crippen LogP contribution in [0.15, 0.2) is 12.1 Å². The predicted molar refractivity (Wildman–Crippen MR) is 111 cm³/mol. The molecule has 1 atom stereocenters. The fourth-order valence-corrected chi connectivity index (χ4v) is 4.04. The Hall–Kier alpha value is -1.23. The molecule has 0 bridgehead atoms. The van der Waals surface area contributed by atoms with Crippen LogP contribution in [0.3, 0.4) is 0 Å². The van der Waals surface area contributed by atoms with Crippen LogP contribution in [0.25, 0.3) is 0 Å². The number of hydrogen-bond donors (Lipinski definition) is 0. The lowest BCUT2D eigenvalue weighted by Crippen LogP contribution is -2.44. The van der Waals surface area contributed by atoms with Gasteiger partial charge in [-0.05, 0) is 50.7 Å². The van der Waals surface area contributed by atoms with Gasteiger partial charge < -0.3 is 14.1 Å². The third-order valence-electron chi connectivity index (χ3n) is 5.54. The van der Waals surface area contributed by atoms with E-state index < -0.39 is 8.32 Å². The minimum atomic E-state index is -2.08. The van der Waals surface area contributed by atoms with Gasteiger partial charge in [-0.3, -0.25) is 0 Å². The van der Waals surface area contributed by atoms with Crippen molar-refractivity contribution >= 4 is 14.0 Å². The molecular weight excluding hydrogens is 345 g/mol. The van der Waals surface area contributed by atoms with E-state index in [1.165, 1.54) is 12.5 Å². The van der Waals surface area contributed by atoms with Gasteiger partial charge in [0.2, 0.25) is 0 Å². The molecule has 1 aromatic rings. The van der Waals surface area contributed by atoms with Crippen molar-refractivity contribution in [1.29, 1.82) is 0 Å². The molecule has 0 spiro atoms. The highest BCUT2D eigenvalue weighted by Crippen LogP contribution is 2.42. The van der Waals surface area contributed by atoms with E-state index in [9.17, 15) is 4.39 Å². The molecule has 1 aliphatic heterocycles. The van der Waals surface area contributed by atoms with Gasteiger partial charge in [-0.2, -0.15) is 0 Å². The number of nitrogens with zero attached hydrogens (tertiary/aromatic N) is 1. The van der Waals surface area contributed by atoms with E-state index in [1.807, 2.05) is 19.9 Å². The number of rotatable bonds is 5. The number of ether oxygens (including phenoxy) is 1. The summed E-state index contributed by atoms with van der Waals surface area (Å²) in [6.45, 7) is 18.9. The van der Waals surface area contributed by atoms with E-state index in [4.69, 9.17) is 9.16 Å². The molecule has 26 heavy (non-hydrogen) atoms. The van der Waals surface area contributed by atoms with Gasteiger partial charge in [-0.25, -0.2) is 4.39 Å². The summed E-state index contributed by atoms with van der Waals surface area (Å²) < 4.78 is 27.4. The summed E-state index contributed by atoms with van der Waals surface area (Å²) >= 11 is 0. The second-order valence-electron chi connectivity index (χ2n) is 9.47. The second kappa shape index (κ2) is 7.79. The maximum Gasteiger partial charge on any atom is 0.250 e. The first-order chi connectivity index (χ1) is 11.9. The highest BCUT2D eigenvalue weighted by atomic mass is 28.4. The van der Waals surface area contributed by atoms with Gasteiger partial charge in [0.05, 0.1) is 11.8 Å². The van der Waals surface area contributed by atoms with Crippen LogP contribution in [0, 0.1) is 11.7 Å². The van der Waals surface area contributed by atoms with Crippen LogP contribution in [-0.2, 0) is 0 Å². The smallest absolute Gasteiger partial charge is 0.250 e. The molecule has 3 nitrogen and oxygen atoms in total. The molecule has 0 saturated carbocycles. The fraction of sp³-hybridized carbons (Fsp3) is 0.714. The number of benzene rings is 1. The van der Waals surface area contributed by atoms with Crippen LogP contribution in [0.1, 0.15) is 54.4 Å². The second-order valence-corrected chi connectivity index (χ2v) is 14.2. The number of halogens is 1. The lowest BCUT2D eigenvalue weighted by atomic mass is 9.99. The Morgan fingerprint density at radius 1 is 1.19 bits per heavy atom. The minimum absolute atomic E-state index is 0.00959. The number of hydrogen-bond acceptors (Lipinski definition) is 3. The van der Waals surface area contributed by atoms with Crippen molar-refractivity contribution in [3.05, 3.63) is 17.9 Å². The standard InChI is InChI=1S/C21H36FNO2Si/c1-15(2)24-19-13-18(23-11-9-10-16(3)14-23)17(22)12-20(19)25-26(7,8)21(4,5)6/h12-13,15-16H,9-11,14H2,1-8H3. The van der Waals surface area contributed by atoms with E-state index in [-0.39, 0.29) is 17.0 Å². The molecule has 1 aromatic carbocycles. The normalized spacial score (nSPS) is 19.0. The topological polar surface area (TPSA) is 21.7 Å². The Morgan fingerprint density at radius 2 is 1.85 bits per heavy atom. The Kier molecular flexibility index (Phi) is 6.31. The number of anilines is 1. The molecule has 1 heterocycles. The van der Waals surface area contributed by atoms with Crippen LogP contribution in [0.4, 0.5) is 10.1 Å². The van der Waals surface area contributed by atoms with Crippen molar-refractivity contribution in [2.75, 3.05) is 18.0 Å². The summed E-state index contributed by atoms with van der Waals surface area (Å²) in [5.74, 6) is 1.56. The van der Waals surface area contributed by atoms with Crippen molar-refractivity contribution in [3.8, 4) is 11.5 Å². The van der Waals surface area contributed by atoms with Gasteiger partial charge >= 0.3 is 0 Å². The van der Waals surface area contributed by atoms with Crippen molar-refractivity contribution < 1.29 is 13.6 Å². The SMILES string of the molecule is CC1CCCN(c2cc(OC(C)C)c(O[Si](C)(C)C(C)(C)C)cc2F)C1. The molecule has 0 radical (unpaired) electrons. The van der Waals surface area contributed by atoms with E-state index in [1.54, 1.807) is 0 Å². The van der Waals surface area contributed by atoms with Crippen LogP contribution in [0.2, 0.25) is 18.1 Å². The molecule has 0 N–H and O–H groups in total. The van der Waals surface area contributed by atoms with E-state index in [0.717, 1.165) is 19.5 Å². The first kappa shape index (κ1) is 21.1. The highest BCUT2D eigenvalue weighted by Gasteiger charge is 2.40. The van der Waals surface area contributed by atoms with Crippen LogP contribution in [0.5, 0.6) is 11.5 Å². The van der Waals surface area contributed by atoms with Crippen molar-refractivity contribution in [2.45, 2.75) is 78.6 Å². The summed E-state index contributed by atoms with van der Waals surface area (Å²) in [6, 6.07) is 3.38. The molecular formula is C21H36FNO2Si. The van der Waals surface area contributed by atoms with Gasteiger partial charge in [0.25, 0.3) is 8.32 Å². The van der Waals surface area contributed by atoms with Crippen LogP contribution < -0.4 is 14.1 Å². The van der Waals surface area contributed by atoms with Gasteiger partial charge in [0, 0.05) is 25.2 Å². The van der Waals surface area contributed by atoms with Gasteiger partial charge in [0.15, 0.2) is 5.75 Å². The summed E-state index contributed by atoms with van der Waals surface area (Å²) in [5, 5.41) is 0.0412. The Labute approximate surface area is 160 Å². The largest absolute Gasteiger partial charge is 0.541 e. The zero-order valence-corrected chi connectivity index (χ0v) is 18.8. The first-order valence-corrected chi connectivity index (χ1v) is 12.8. The Bertz CT molecular complexity index is 625.